The average Bonchev–Trinajstić information content (AvgIpc) is 3.10. The highest BCUT2D eigenvalue weighted by molar-refractivity contribution is 7.09. The molecule has 1 aromatic carbocycles. The van der Waals surface area contributed by atoms with E-state index in [4.69, 9.17) is 14.2 Å². The van der Waals surface area contributed by atoms with Gasteiger partial charge in [-0.05, 0) is 35.7 Å². The summed E-state index contributed by atoms with van der Waals surface area (Å²) in [5.41, 5.74) is 0.819. The monoisotopic (exact) mass is 335 g/mol. The molecule has 0 fully saturated rings. The van der Waals surface area contributed by atoms with E-state index in [1.165, 1.54) is 0 Å². The summed E-state index contributed by atoms with van der Waals surface area (Å²) >= 11 is 1.62. The maximum atomic E-state index is 12.5. The van der Waals surface area contributed by atoms with E-state index in [0.717, 1.165) is 16.3 Å². The van der Waals surface area contributed by atoms with Crippen LogP contribution in [-0.4, -0.2) is 39.9 Å². The number of hydrogen-bond acceptors (Lipinski definition) is 5. The van der Waals surface area contributed by atoms with Gasteiger partial charge < -0.3 is 19.1 Å². The standard InChI is InChI=1S/C17H21NO4S/c1-20-9-10-22-13-17(19)18(12-16-4-3-11-23-16)14-5-7-15(21-2)8-6-14/h3-8,11H,9-10,12-13H2,1-2H3. The second-order valence-electron chi connectivity index (χ2n) is 4.80. The second-order valence-corrected chi connectivity index (χ2v) is 5.83. The molecule has 6 heteroatoms. The minimum absolute atomic E-state index is 0.0285. The summed E-state index contributed by atoms with van der Waals surface area (Å²) in [4.78, 5) is 15.4. The fourth-order valence-electron chi connectivity index (χ4n) is 2.02. The van der Waals surface area contributed by atoms with Crippen LogP contribution in [0.25, 0.3) is 0 Å². The maximum Gasteiger partial charge on any atom is 0.253 e. The number of hydrogen-bond donors (Lipinski definition) is 0. The van der Waals surface area contributed by atoms with E-state index in [2.05, 4.69) is 0 Å². The molecule has 0 saturated heterocycles. The van der Waals surface area contributed by atoms with Crippen LogP contribution in [0.2, 0.25) is 0 Å². The lowest BCUT2D eigenvalue weighted by Crippen LogP contribution is -2.33. The summed E-state index contributed by atoms with van der Waals surface area (Å²) in [7, 11) is 3.22. The van der Waals surface area contributed by atoms with Crippen LogP contribution < -0.4 is 9.64 Å². The molecule has 0 N–H and O–H groups in total. The van der Waals surface area contributed by atoms with Gasteiger partial charge in [0.05, 0.1) is 26.9 Å². The zero-order chi connectivity index (χ0) is 16.5. The zero-order valence-electron chi connectivity index (χ0n) is 13.4. The van der Waals surface area contributed by atoms with E-state index in [-0.39, 0.29) is 12.5 Å². The molecule has 0 aliphatic heterocycles. The van der Waals surface area contributed by atoms with Crippen LogP contribution in [0.3, 0.4) is 0 Å². The average molecular weight is 335 g/mol. The maximum absolute atomic E-state index is 12.5. The van der Waals surface area contributed by atoms with Crippen molar-refractivity contribution in [2.75, 3.05) is 38.9 Å². The number of methoxy groups -OCH3 is 2. The van der Waals surface area contributed by atoms with E-state index in [0.29, 0.717) is 19.8 Å². The van der Waals surface area contributed by atoms with Gasteiger partial charge in [-0.1, -0.05) is 6.07 Å². The Labute approximate surface area is 140 Å². The summed E-state index contributed by atoms with van der Waals surface area (Å²) in [6.07, 6.45) is 0. The first kappa shape index (κ1) is 17.5. The van der Waals surface area contributed by atoms with Gasteiger partial charge in [-0.3, -0.25) is 4.79 Å². The Bertz CT molecular complexity index is 583. The highest BCUT2D eigenvalue weighted by atomic mass is 32.1. The predicted molar refractivity (Wildman–Crippen MR) is 91.2 cm³/mol. The van der Waals surface area contributed by atoms with Crippen LogP contribution in [0, 0.1) is 0 Å². The van der Waals surface area contributed by atoms with E-state index >= 15 is 0 Å². The Morgan fingerprint density at radius 2 is 1.91 bits per heavy atom. The van der Waals surface area contributed by atoms with Crippen molar-refractivity contribution in [3.05, 3.63) is 46.7 Å². The molecule has 1 aromatic heterocycles. The number of nitrogens with zero attached hydrogens (tertiary/aromatic N) is 1. The van der Waals surface area contributed by atoms with Gasteiger partial charge in [0.2, 0.25) is 0 Å². The minimum atomic E-state index is -0.0836. The summed E-state index contributed by atoms with van der Waals surface area (Å²) in [6, 6.07) is 11.4. The molecule has 5 nitrogen and oxygen atoms in total. The first-order chi connectivity index (χ1) is 11.2. The Morgan fingerprint density at radius 3 is 2.52 bits per heavy atom. The summed E-state index contributed by atoms with van der Waals surface area (Å²) in [6.45, 7) is 1.43. The van der Waals surface area contributed by atoms with Crippen molar-refractivity contribution in [2.45, 2.75) is 6.54 Å². The molecular formula is C17H21NO4S. The first-order valence-corrected chi connectivity index (χ1v) is 8.16. The van der Waals surface area contributed by atoms with Crippen molar-refractivity contribution < 1.29 is 19.0 Å². The molecule has 23 heavy (non-hydrogen) atoms. The molecule has 124 valence electrons. The van der Waals surface area contributed by atoms with Gasteiger partial charge in [0.1, 0.15) is 12.4 Å². The topological polar surface area (TPSA) is 48.0 Å². The van der Waals surface area contributed by atoms with Crippen LogP contribution >= 0.6 is 11.3 Å². The van der Waals surface area contributed by atoms with Gasteiger partial charge in [0, 0.05) is 17.7 Å². The quantitative estimate of drug-likeness (QED) is 0.661. The molecule has 0 radical (unpaired) electrons. The molecule has 0 saturated carbocycles. The van der Waals surface area contributed by atoms with Gasteiger partial charge in [-0.25, -0.2) is 0 Å². The van der Waals surface area contributed by atoms with Gasteiger partial charge in [0.25, 0.3) is 5.91 Å². The van der Waals surface area contributed by atoms with E-state index in [9.17, 15) is 4.79 Å². The van der Waals surface area contributed by atoms with Crippen LogP contribution in [0.15, 0.2) is 41.8 Å². The molecule has 0 atom stereocenters. The van der Waals surface area contributed by atoms with E-state index in [1.54, 1.807) is 30.5 Å². The van der Waals surface area contributed by atoms with Gasteiger partial charge in [0.15, 0.2) is 0 Å². The Morgan fingerprint density at radius 1 is 1.13 bits per heavy atom. The molecule has 1 heterocycles. The number of carbonyl (C=O) groups excluding carboxylic acids is 1. The van der Waals surface area contributed by atoms with Crippen molar-refractivity contribution in [3.63, 3.8) is 0 Å². The Hall–Kier alpha value is -1.89. The fourth-order valence-corrected chi connectivity index (χ4v) is 2.72. The summed E-state index contributed by atoms with van der Waals surface area (Å²) in [5, 5.41) is 2.00. The second kappa shape index (κ2) is 9.29. The number of benzene rings is 1. The summed E-state index contributed by atoms with van der Waals surface area (Å²) < 4.78 is 15.4. The minimum Gasteiger partial charge on any atom is -0.497 e. The third-order valence-corrected chi connectivity index (χ3v) is 4.10. The SMILES string of the molecule is COCCOCC(=O)N(Cc1cccs1)c1ccc(OC)cc1. The molecule has 1 amide bonds. The smallest absolute Gasteiger partial charge is 0.253 e. The van der Waals surface area contributed by atoms with Crippen molar-refractivity contribution >= 4 is 22.9 Å². The number of amides is 1. The Balaban J connectivity index is 2.08. The number of thiophene rings is 1. The van der Waals surface area contributed by atoms with Crippen molar-refractivity contribution in [2.24, 2.45) is 0 Å². The van der Waals surface area contributed by atoms with E-state index in [1.807, 2.05) is 41.8 Å². The third-order valence-electron chi connectivity index (χ3n) is 3.24. The van der Waals surface area contributed by atoms with Gasteiger partial charge >= 0.3 is 0 Å². The molecule has 0 spiro atoms. The van der Waals surface area contributed by atoms with Crippen molar-refractivity contribution in [1.29, 1.82) is 0 Å². The number of anilines is 1. The number of carbonyl (C=O) groups is 1. The molecule has 0 bridgehead atoms. The van der Waals surface area contributed by atoms with Crippen molar-refractivity contribution in [3.8, 4) is 5.75 Å². The lowest BCUT2D eigenvalue weighted by Gasteiger charge is -2.22. The molecule has 2 aromatic rings. The Kier molecular flexibility index (Phi) is 7.06. The zero-order valence-corrected chi connectivity index (χ0v) is 14.2. The van der Waals surface area contributed by atoms with Gasteiger partial charge in [-0.2, -0.15) is 0 Å². The first-order valence-electron chi connectivity index (χ1n) is 7.28. The lowest BCUT2D eigenvalue weighted by atomic mass is 10.2. The van der Waals surface area contributed by atoms with Crippen LogP contribution in [0.5, 0.6) is 5.75 Å². The van der Waals surface area contributed by atoms with Gasteiger partial charge in [-0.15, -0.1) is 11.3 Å². The normalized spacial score (nSPS) is 10.5. The van der Waals surface area contributed by atoms with Crippen LogP contribution in [0.4, 0.5) is 5.69 Å². The fraction of sp³-hybridized carbons (Fsp3) is 0.353. The molecule has 0 aliphatic rings. The van der Waals surface area contributed by atoms with Crippen LogP contribution in [0.1, 0.15) is 4.88 Å². The predicted octanol–water partition coefficient (Wildman–Crippen LogP) is 2.95. The largest absolute Gasteiger partial charge is 0.497 e. The highest BCUT2D eigenvalue weighted by Crippen LogP contribution is 2.23. The number of rotatable bonds is 9. The lowest BCUT2D eigenvalue weighted by molar-refractivity contribution is -0.123. The van der Waals surface area contributed by atoms with Crippen LogP contribution in [-0.2, 0) is 20.8 Å². The molecule has 0 aliphatic carbocycles. The molecular weight excluding hydrogens is 314 g/mol. The van der Waals surface area contributed by atoms with E-state index < -0.39 is 0 Å². The highest BCUT2D eigenvalue weighted by Gasteiger charge is 2.17. The summed E-state index contributed by atoms with van der Waals surface area (Å²) in [5.74, 6) is 0.674. The molecule has 0 unspecified atom stereocenters. The third kappa shape index (κ3) is 5.35. The van der Waals surface area contributed by atoms with Crippen molar-refractivity contribution in [1.82, 2.24) is 0 Å². The molecule has 2 rings (SSSR count). The number of ether oxygens (including phenoxy) is 3.